The summed E-state index contributed by atoms with van der Waals surface area (Å²) in [6.07, 6.45) is 3.20. The molecule has 0 aliphatic carbocycles. The van der Waals surface area contributed by atoms with E-state index in [1.165, 1.54) is 12.1 Å². The topological polar surface area (TPSA) is 85.2 Å². The predicted octanol–water partition coefficient (Wildman–Crippen LogP) is 2.74. The van der Waals surface area contributed by atoms with Crippen molar-refractivity contribution in [3.63, 3.8) is 0 Å². The lowest BCUT2D eigenvalue weighted by Crippen LogP contribution is -2.44. The average molecular weight is 424 g/mol. The van der Waals surface area contributed by atoms with Crippen LogP contribution in [-0.4, -0.2) is 46.1 Å². The van der Waals surface area contributed by atoms with Gasteiger partial charge in [-0.05, 0) is 51.0 Å². The molecule has 0 bridgehead atoms. The van der Waals surface area contributed by atoms with Crippen LogP contribution in [0.4, 0.5) is 15.8 Å². The second-order valence-corrected chi connectivity index (χ2v) is 7.73. The highest BCUT2D eigenvalue weighted by Crippen LogP contribution is 2.33. The van der Waals surface area contributed by atoms with Crippen LogP contribution in [0.2, 0.25) is 0 Å². The lowest BCUT2D eigenvalue weighted by atomic mass is 10.1. The third-order valence-electron chi connectivity index (χ3n) is 5.62. The summed E-state index contributed by atoms with van der Waals surface area (Å²) in [4.78, 5) is 18.7. The Kier molecular flexibility index (Phi) is 5.58. The Balaban J connectivity index is 1.47. The third kappa shape index (κ3) is 4.21. The van der Waals surface area contributed by atoms with Gasteiger partial charge in [0.15, 0.2) is 0 Å². The summed E-state index contributed by atoms with van der Waals surface area (Å²) in [6, 6.07) is 6.19. The molecular weight excluding hydrogens is 399 g/mol. The smallest absolute Gasteiger partial charge is 0.246 e. The van der Waals surface area contributed by atoms with Crippen LogP contribution in [0.3, 0.4) is 0 Å². The number of hydrogen-bond donors (Lipinski definition) is 1. The minimum Gasteiger partial charge on any atom is -0.496 e. The van der Waals surface area contributed by atoms with Crippen LogP contribution < -0.4 is 15.0 Å². The number of aryl methyl sites for hydroxylation is 3. The van der Waals surface area contributed by atoms with Crippen molar-refractivity contribution in [2.24, 2.45) is 0 Å². The number of rotatable bonds is 6. The Morgan fingerprint density at radius 3 is 2.77 bits per heavy atom. The SMILES string of the molecule is COc1ccc(F)cc1Cn1cc(CCc2cc3c(c(C)n2)NC(=O)[C@H](C)N3C)nn1. The van der Waals surface area contributed by atoms with Crippen molar-refractivity contribution in [2.75, 3.05) is 24.4 Å². The van der Waals surface area contributed by atoms with Gasteiger partial charge in [-0.1, -0.05) is 5.21 Å². The molecule has 2 aromatic heterocycles. The molecule has 1 aliphatic heterocycles. The second kappa shape index (κ2) is 8.33. The van der Waals surface area contributed by atoms with Crippen LogP contribution in [0.5, 0.6) is 5.75 Å². The zero-order valence-electron chi connectivity index (χ0n) is 18.0. The van der Waals surface area contributed by atoms with E-state index in [1.807, 2.05) is 38.1 Å². The van der Waals surface area contributed by atoms with Crippen LogP contribution in [0.1, 0.15) is 29.6 Å². The van der Waals surface area contributed by atoms with E-state index in [-0.39, 0.29) is 17.8 Å². The van der Waals surface area contributed by atoms with E-state index >= 15 is 0 Å². The van der Waals surface area contributed by atoms with Gasteiger partial charge >= 0.3 is 0 Å². The number of likely N-dealkylation sites (N-methyl/N-ethyl adjacent to an activating group) is 1. The quantitative estimate of drug-likeness (QED) is 0.655. The van der Waals surface area contributed by atoms with Crippen LogP contribution in [0, 0.1) is 12.7 Å². The highest BCUT2D eigenvalue weighted by atomic mass is 19.1. The molecule has 1 atom stereocenters. The van der Waals surface area contributed by atoms with E-state index < -0.39 is 0 Å². The fourth-order valence-corrected chi connectivity index (χ4v) is 3.72. The molecule has 1 aromatic carbocycles. The summed E-state index contributed by atoms with van der Waals surface area (Å²) in [5.41, 5.74) is 4.97. The first-order valence-corrected chi connectivity index (χ1v) is 10.1. The number of amides is 1. The molecule has 0 saturated carbocycles. The van der Waals surface area contributed by atoms with Gasteiger partial charge in [0, 0.05) is 24.5 Å². The second-order valence-electron chi connectivity index (χ2n) is 7.73. The fourth-order valence-electron chi connectivity index (χ4n) is 3.72. The van der Waals surface area contributed by atoms with Crippen molar-refractivity contribution in [1.29, 1.82) is 0 Å². The minimum absolute atomic E-state index is 0.0285. The third-order valence-corrected chi connectivity index (χ3v) is 5.62. The largest absolute Gasteiger partial charge is 0.496 e. The lowest BCUT2D eigenvalue weighted by molar-refractivity contribution is -0.117. The summed E-state index contributed by atoms with van der Waals surface area (Å²) < 4.78 is 20.6. The van der Waals surface area contributed by atoms with Gasteiger partial charge in [-0.2, -0.15) is 0 Å². The highest BCUT2D eigenvalue weighted by molar-refractivity contribution is 6.03. The standard InChI is InChI=1S/C22H25FN6O2/c1-13-21-19(28(3)14(2)22(30)25-21)10-17(24-13)6-7-18-12-29(27-26-18)11-15-9-16(23)5-8-20(15)31-4/h5,8-10,12,14H,6-7,11H2,1-4H3,(H,25,30)/t14-/m0/s1. The molecule has 0 saturated heterocycles. The van der Waals surface area contributed by atoms with Gasteiger partial charge in [-0.25, -0.2) is 9.07 Å². The number of nitrogens with one attached hydrogen (secondary N) is 1. The average Bonchev–Trinajstić information content (AvgIpc) is 3.19. The molecule has 9 heteroatoms. The normalized spacial score (nSPS) is 15.6. The van der Waals surface area contributed by atoms with Crippen LogP contribution in [0.15, 0.2) is 30.5 Å². The van der Waals surface area contributed by atoms with Crippen molar-refractivity contribution in [3.05, 3.63) is 58.9 Å². The highest BCUT2D eigenvalue weighted by Gasteiger charge is 2.28. The van der Waals surface area contributed by atoms with Crippen molar-refractivity contribution in [3.8, 4) is 5.75 Å². The van der Waals surface area contributed by atoms with E-state index in [2.05, 4.69) is 20.6 Å². The Morgan fingerprint density at radius 2 is 2.00 bits per heavy atom. The monoisotopic (exact) mass is 424 g/mol. The minimum atomic E-state index is -0.319. The fraction of sp³-hybridized carbons (Fsp3) is 0.364. The maximum absolute atomic E-state index is 13.6. The molecule has 1 N–H and O–H groups in total. The Morgan fingerprint density at radius 1 is 1.23 bits per heavy atom. The number of methoxy groups -OCH3 is 1. The molecule has 3 aromatic rings. The van der Waals surface area contributed by atoms with Crippen molar-refractivity contribution < 1.29 is 13.9 Å². The van der Waals surface area contributed by atoms with Gasteiger partial charge in [-0.3, -0.25) is 9.78 Å². The molecule has 0 fully saturated rings. The van der Waals surface area contributed by atoms with Gasteiger partial charge in [0.25, 0.3) is 0 Å². The van der Waals surface area contributed by atoms with Gasteiger partial charge in [0.05, 0.1) is 36.4 Å². The Labute approximate surface area is 180 Å². The van der Waals surface area contributed by atoms with Gasteiger partial charge in [-0.15, -0.1) is 5.10 Å². The number of pyridine rings is 1. The van der Waals surface area contributed by atoms with Gasteiger partial charge in [0.1, 0.15) is 17.6 Å². The molecule has 4 rings (SSSR count). The van der Waals surface area contributed by atoms with Crippen LogP contribution in [0.25, 0.3) is 0 Å². The van der Waals surface area contributed by atoms with Gasteiger partial charge < -0.3 is 15.0 Å². The Hall–Kier alpha value is -3.49. The summed E-state index contributed by atoms with van der Waals surface area (Å²) in [5, 5.41) is 11.3. The molecule has 31 heavy (non-hydrogen) atoms. The lowest BCUT2D eigenvalue weighted by Gasteiger charge is -2.34. The van der Waals surface area contributed by atoms with E-state index in [1.54, 1.807) is 17.9 Å². The van der Waals surface area contributed by atoms with Crippen LogP contribution in [-0.2, 0) is 24.2 Å². The maximum Gasteiger partial charge on any atom is 0.246 e. The van der Waals surface area contributed by atoms with Crippen molar-refractivity contribution in [2.45, 2.75) is 39.3 Å². The number of carbonyl (C=O) groups excluding carboxylic acids is 1. The number of halogens is 1. The predicted molar refractivity (Wildman–Crippen MR) is 115 cm³/mol. The van der Waals surface area contributed by atoms with Crippen molar-refractivity contribution in [1.82, 2.24) is 20.0 Å². The zero-order chi connectivity index (χ0) is 22.1. The number of hydrogen-bond acceptors (Lipinski definition) is 6. The zero-order valence-corrected chi connectivity index (χ0v) is 18.0. The molecule has 162 valence electrons. The van der Waals surface area contributed by atoms with Gasteiger partial charge in [0.2, 0.25) is 5.91 Å². The molecule has 0 radical (unpaired) electrons. The molecule has 1 amide bonds. The summed E-state index contributed by atoms with van der Waals surface area (Å²) >= 11 is 0. The first-order chi connectivity index (χ1) is 14.9. The number of carbonyl (C=O) groups is 1. The van der Waals surface area contributed by atoms with E-state index in [0.29, 0.717) is 30.7 Å². The molecule has 0 spiro atoms. The number of anilines is 2. The number of ether oxygens (including phenoxy) is 1. The maximum atomic E-state index is 13.6. The molecule has 3 heterocycles. The van der Waals surface area contributed by atoms with Crippen molar-refractivity contribution >= 4 is 17.3 Å². The van der Waals surface area contributed by atoms with E-state index in [4.69, 9.17) is 4.74 Å². The number of fused-ring (bicyclic) bond motifs is 1. The Bertz CT molecular complexity index is 1130. The summed E-state index contributed by atoms with van der Waals surface area (Å²) in [7, 11) is 3.47. The van der Waals surface area contributed by atoms with E-state index in [0.717, 1.165) is 28.5 Å². The molecule has 0 unspecified atom stereocenters. The molecular formula is C22H25FN6O2. The first-order valence-electron chi connectivity index (χ1n) is 10.1. The molecule has 8 nitrogen and oxygen atoms in total. The van der Waals surface area contributed by atoms with Crippen LogP contribution >= 0.6 is 0 Å². The number of benzene rings is 1. The summed E-state index contributed by atoms with van der Waals surface area (Å²) in [6.45, 7) is 4.14. The number of aromatic nitrogens is 4. The first kappa shape index (κ1) is 20.8. The molecule has 1 aliphatic rings. The number of nitrogens with zero attached hydrogens (tertiary/aromatic N) is 5. The van der Waals surface area contributed by atoms with E-state index in [9.17, 15) is 9.18 Å². The summed E-state index contributed by atoms with van der Waals surface area (Å²) in [5.74, 6) is 0.261.